The Balaban J connectivity index is 2.01. The van der Waals surface area contributed by atoms with E-state index in [-0.39, 0.29) is 12.6 Å². The van der Waals surface area contributed by atoms with Crippen LogP contribution < -0.4 is 5.32 Å². The van der Waals surface area contributed by atoms with E-state index in [1.807, 2.05) is 0 Å². The zero-order valence-electron chi connectivity index (χ0n) is 11.7. The molecule has 7 heteroatoms. The summed E-state index contributed by atoms with van der Waals surface area (Å²) in [6.07, 6.45) is 2.10. The highest BCUT2D eigenvalue weighted by atomic mass is 16.5. The van der Waals surface area contributed by atoms with Gasteiger partial charge in [-0.15, -0.1) is 0 Å². The van der Waals surface area contributed by atoms with Gasteiger partial charge in [0.25, 0.3) is 0 Å². The average Bonchev–Trinajstić information content (AvgIpc) is 2.82. The number of aryl methyl sites for hydroxylation is 1. The number of carbonyl (C=O) groups is 2. The van der Waals surface area contributed by atoms with E-state index in [2.05, 4.69) is 10.5 Å². The van der Waals surface area contributed by atoms with E-state index in [0.717, 1.165) is 18.5 Å². The zero-order chi connectivity index (χ0) is 14.8. The minimum atomic E-state index is -1.14. The fraction of sp³-hybridized carbons (Fsp3) is 0.615. The maximum Gasteiger partial charge on any atom is 0.329 e. The number of urea groups is 1. The zero-order valence-corrected chi connectivity index (χ0v) is 11.7. The Morgan fingerprint density at radius 1 is 1.55 bits per heavy atom. The molecule has 2 amide bonds. The van der Waals surface area contributed by atoms with Crippen molar-refractivity contribution < 1.29 is 19.2 Å². The second kappa shape index (κ2) is 5.52. The number of aliphatic carboxylic acids is 1. The molecule has 1 aliphatic rings. The molecule has 0 spiro atoms. The van der Waals surface area contributed by atoms with Crippen molar-refractivity contribution in [1.82, 2.24) is 15.4 Å². The normalized spacial score (nSPS) is 22.6. The lowest BCUT2D eigenvalue weighted by Gasteiger charge is -2.41. The van der Waals surface area contributed by atoms with Crippen molar-refractivity contribution in [1.29, 1.82) is 0 Å². The van der Waals surface area contributed by atoms with E-state index in [4.69, 9.17) is 4.52 Å². The third kappa shape index (κ3) is 2.76. The number of aromatic nitrogens is 1. The van der Waals surface area contributed by atoms with E-state index in [1.54, 1.807) is 19.9 Å². The summed E-state index contributed by atoms with van der Waals surface area (Å²) in [6, 6.07) is 1.34. The molecule has 0 bridgehead atoms. The lowest BCUT2D eigenvalue weighted by Crippen LogP contribution is -2.59. The van der Waals surface area contributed by atoms with Crippen molar-refractivity contribution in [2.75, 3.05) is 6.54 Å². The largest absolute Gasteiger partial charge is 0.480 e. The number of carbonyl (C=O) groups excluding carboxylic acids is 1. The third-order valence-electron chi connectivity index (χ3n) is 3.69. The van der Waals surface area contributed by atoms with E-state index in [9.17, 15) is 14.7 Å². The molecule has 1 aliphatic heterocycles. The van der Waals surface area contributed by atoms with Crippen LogP contribution in [-0.2, 0) is 11.3 Å². The summed E-state index contributed by atoms with van der Waals surface area (Å²) in [7, 11) is 0. The molecule has 2 heterocycles. The molecule has 2 rings (SSSR count). The lowest BCUT2D eigenvalue weighted by atomic mass is 9.89. The standard InChI is InChI=1S/C13H19N3O4/c1-9-7-10(20-15-9)8-14-12(19)16-6-4-3-5-13(16,2)11(17)18/h7H,3-6,8H2,1-2H3,(H,14,19)(H,17,18). The number of nitrogens with one attached hydrogen (secondary N) is 1. The van der Waals surface area contributed by atoms with Gasteiger partial charge in [-0.1, -0.05) is 5.16 Å². The second-order valence-electron chi connectivity index (χ2n) is 5.28. The summed E-state index contributed by atoms with van der Waals surface area (Å²) in [5, 5.41) is 15.8. The molecule has 0 radical (unpaired) electrons. The van der Waals surface area contributed by atoms with Gasteiger partial charge >= 0.3 is 12.0 Å². The van der Waals surface area contributed by atoms with Crippen LogP contribution in [0.1, 0.15) is 37.6 Å². The first-order valence-corrected chi connectivity index (χ1v) is 6.64. The van der Waals surface area contributed by atoms with Crippen LogP contribution in [0, 0.1) is 6.92 Å². The number of carboxylic acids is 1. The maximum absolute atomic E-state index is 12.2. The van der Waals surface area contributed by atoms with Crippen LogP contribution in [0.5, 0.6) is 0 Å². The number of amides is 2. The predicted octanol–water partition coefficient (Wildman–Crippen LogP) is 1.52. The molecule has 1 saturated heterocycles. The summed E-state index contributed by atoms with van der Waals surface area (Å²) in [5.41, 5.74) is -0.401. The summed E-state index contributed by atoms with van der Waals surface area (Å²) >= 11 is 0. The minimum absolute atomic E-state index is 0.200. The molecule has 1 aromatic heterocycles. The van der Waals surface area contributed by atoms with Gasteiger partial charge in [0.1, 0.15) is 5.54 Å². The topological polar surface area (TPSA) is 95.7 Å². The average molecular weight is 281 g/mol. The lowest BCUT2D eigenvalue weighted by molar-refractivity contribution is -0.150. The van der Waals surface area contributed by atoms with E-state index >= 15 is 0 Å². The summed E-state index contributed by atoms with van der Waals surface area (Å²) < 4.78 is 5.00. The Morgan fingerprint density at radius 2 is 2.30 bits per heavy atom. The van der Waals surface area contributed by atoms with Crippen molar-refractivity contribution in [3.8, 4) is 0 Å². The Kier molecular flexibility index (Phi) is 3.96. The van der Waals surface area contributed by atoms with Crippen molar-refractivity contribution in [3.05, 3.63) is 17.5 Å². The van der Waals surface area contributed by atoms with Crippen LogP contribution >= 0.6 is 0 Å². The number of piperidine rings is 1. The molecule has 20 heavy (non-hydrogen) atoms. The van der Waals surface area contributed by atoms with Crippen LogP contribution in [0.25, 0.3) is 0 Å². The quantitative estimate of drug-likeness (QED) is 0.875. The van der Waals surface area contributed by atoms with Crippen molar-refractivity contribution in [2.45, 2.75) is 45.2 Å². The van der Waals surface area contributed by atoms with Gasteiger partial charge in [-0.2, -0.15) is 0 Å². The molecule has 0 aromatic carbocycles. The molecule has 0 aliphatic carbocycles. The summed E-state index contributed by atoms with van der Waals surface area (Å²) in [5.74, 6) is -0.423. The maximum atomic E-state index is 12.2. The molecule has 7 nitrogen and oxygen atoms in total. The molecule has 1 aromatic rings. The number of carboxylic acid groups (broad SMARTS) is 1. The fourth-order valence-corrected chi connectivity index (χ4v) is 2.43. The van der Waals surface area contributed by atoms with Gasteiger partial charge in [0.15, 0.2) is 5.76 Å². The van der Waals surface area contributed by atoms with Crippen LogP contribution in [0.4, 0.5) is 4.79 Å². The van der Waals surface area contributed by atoms with Crippen molar-refractivity contribution in [3.63, 3.8) is 0 Å². The SMILES string of the molecule is Cc1cc(CNC(=O)N2CCCCC2(C)C(=O)O)on1. The Morgan fingerprint density at radius 3 is 2.90 bits per heavy atom. The van der Waals surface area contributed by atoms with Crippen LogP contribution in [0.2, 0.25) is 0 Å². The van der Waals surface area contributed by atoms with Crippen LogP contribution in [-0.4, -0.2) is 39.2 Å². The smallest absolute Gasteiger partial charge is 0.329 e. The van der Waals surface area contributed by atoms with Gasteiger partial charge in [0.2, 0.25) is 0 Å². The molecular formula is C13H19N3O4. The highest BCUT2D eigenvalue weighted by molar-refractivity contribution is 5.86. The van der Waals surface area contributed by atoms with E-state index < -0.39 is 11.5 Å². The number of nitrogens with zero attached hydrogens (tertiary/aromatic N) is 2. The molecule has 1 fully saturated rings. The Hall–Kier alpha value is -2.05. The second-order valence-corrected chi connectivity index (χ2v) is 5.28. The molecule has 1 atom stereocenters. The molecule has 2 N–H and O–H groups in total. The highest BCUT2D eigenvalue weighted by Crippen LogP contribution is 2.28. The first-order chi connectivity index (χ1) is 9.43. The van der Waals surface area contributed by atoms with Crippen LogP contribution in [0.15, 0.2) is 10.6 Å². The first kappa shape index (κ1) is 14.4. The Labute approximate surface area is 116 Å². The number of rotatable bonds is 3. The van der Waals surface area contributed by atoms with E-state index in [1.165, 1.54) is 4.90 Å². The molecular weight excluding hydrogens is 262 g/mol. The summed E-state index contributed by atoms with van der Waals surface area (Å²) in [6.45, 7) is 4.03. The number of hydrogen-bond acceptors (Lipinski definition) is 4. The Bertz CT molecular complexity index is 513. The first-order valence-electron chi connectivity index (χ1n) is 6.64. The van der Waals surface area contributed by atoms with Crippen molar-refractivity contribution >= 4 is 12.0 Å². The fourth-order valence-electron chi connectivity index (χ4n) is 2.43. The van der Waals surface area contributed by atoms with Gasteiger partial charge in [0, 0.05) is 12.6 Å². The van der Waals surface area contributed by atoms with E-state index in [0.29, 0.717) is 18.7 Å². The van der Waals surface area contributed by atoms with Gasteiger partial charge in [-0.05, 0) is 33.1 Å². The summed E-state index contributed by atoms with van der Waals surface area (Å²) in [4.78, 5) is 25.0. The highest BCUT2D eigenvalue weighted by Gasteiger charge is 2.43. The minimum Gasteiger partial charge on any atom is -0.480 e. The number of likely N-dealkylation sites (tertiary alicyclic amines) is 1. The molecule has 110 valence electrons. The van der Waals surface area contributed by atoms with Gasteiger partial charge in [-0.3, -0.25) is 0 Å². The molecule has 1 unspecified atom stereocenters. The van der Waals surface area contributed by atoms with Gasteiger partial charge in [-0.25, -0.2) is 9.59 Å². The van der Waals surface area contributed by atoms with Crippen molar-refractivity contribution in [2.24, 2.45) is 0 Å². The van der Waals surface area contributed by atoms with Gasteiger partial charge < -0.3 is 19.8 Å². The predicted molar refractivity (Wildman–Crippen MR) is 70.1 cm³/mol. The number of hydrogen-bond donors (Lipinski definition) is 2. The third-order valence-corrected chi connectivity index (χ3v) is 3.69. The molecule has 0 saturated carbocycles. The monoisotopic (exact) mass is 281 g/mol. The van der Waals surface area contributed by atoms with Gasteiger partial charge in [0.05, 0.1) is 12.2 Å². The van der Waals surface area contributed by atoms with Crippen LogP contribution in [0.3, 0.4) is 0 Å².